The fourth-order valence-corrected chi connectivity index (χ4v) is 2.62. The van der Waals surface area contributed by atoms with Crippen molar-refractivity contribution in [3.8, 4) is 22.9 Å². The predicted octanol–water partition coefficient (Wildman–Crippen LogP) is 3.29. The number of hydrogen-bond donors (Lipinski definition) is 1. The summed E-state index contributed by atoms with van der Waals surface area (Å²) in [5, 5.41) is 2.78. The van der Waals surface area contributed by atoms with Gasteiger partial charge < -0.3 is 19.5 Å². The Morgan fingerprint density at radius 2 is 1.67 bits per heavy atom. The third-order valence-corrected chi connectivity index (χ3v) is 3.90. The number of imidazole rings is 1. The molecule has 0 spiro atoms. The Hall–Kier alpha value is -3.55. The highest BCUT2D eigenvalue weighted by molar-refractivity contribution is 6.03. The van der Waals surface area contributed by atoms with Crippen LogP contribution in [-0.4, -0.2) is 36.8 Å². The predicted molar refractivity (Wildman–Crippen MR) is 97.6 cm³/mol. The van der Waals surface area contributed by atoms with Crippen molar-refractivity contribution in [1.29, 1.82) is 0 Å². The van der Waals surface area contributed by atoms with E-state index in [9.17, 15) is 9.18 Å². The van der Waals surface area contributed by atoms with Crippen molar-refractivity contribution in [3.05, 3.63) is 60.4 Å². The van der Waals surface area contributed by atoms with Crippen LogP contribution in [0.4, 0.5) is 10.1 Å². The maximum atomic E-state index is 13.1. The third kappa shape index (κ3) is 3.69. The quantitative estimate of drug-likeness (QED) is 0.720. The van der Waals surface area contributed by atoms with E-state index in [1.807, 2.05) is 0 Å². The lowest BCUT2D eigenvalue weighted by atomic mass is 10.2. The number of amides is 1. The van der Waals surface area contributed by atoms with Gasteiger partial charge in [-0.2, -0.15) is 0 Å². The number of halogens is 1. The molecule has 0 bridgehead atoms. The summed E-state index contributed by atoms with van der Waals surface area (Å²) in [4.78, 5) is 16.7. The molecule has 0 aliphatic heterocycles. The maximum absolute atomic E-state index is 13.1. The Kier molecular flexibility index (Phi) is 5.25. The molecule has 3 rings (SSSR count). The molecular formula is C19H18FN3O4. The smallest absolute Gasteiger partial charge is 0.274 e. The van der Waals surface area contributed by atoms with Crippen LogP contribution in [0.15, 0.2) is 48.9 Å². The van der Waals surface area contributed by atoms with Crippen LogP contribution in [0.1, 0.15) is 10.5 Å². The lowest BCUT2D eigenvalue weighted by molar-refractivity contribution is 0.102. The summed E-state index contributed by atoms with van der Waals surface area (Å²) in [7, 11) is 4.49. The molecule has 7 nitrogen and oxygen atoms in total. The van der Waals surface area contributed by atoms with Crippen molar-refractivity contribution in [1.82, 2.24) is 9.55 Å². The second kappa shape index (κ2) is 7.77. The first-order chi connectivity index (χ1) is 13.1. The molecule has 27 heavy (non-hydrogen) atoms. The summed E-state index contributed by atoms with van der Waals surface area (Å²) in [6, 6.07) is 9.00. The fourth-order valence-electron chi connectivity index (χ4n) is 2.62. The molecule has 1 heterocycles. The second-order valence-corrected chi connectivity index (χ2v) is 5.49. The van der Waals surface area contributed by atoms with E-state index >= 15 is 0 Å². The minimum absolute atomic E-state index is 0.287. The Bertz CT molecular complexity index is 929. The Labute approximate surface area is 155 Å². The van der Waals surface area contributed by atoms with Gasteiger partial charge >= 0.3 is 0 Å². The molecule has 0 saturated heterocycles. The van der Waals surface area contributed by atoms with E-state index in [4.69, 9.17) is 14.2 Å². The number of nitrogens with one attached hydrogen (secondary N) is 1. The number of hydrogen-bond acceptors (Lipinski definition) is 5. The van der Waals surface area contributed by atoms with Gasteiger partial charge in [-0.15, -0.1) is 0 Å². The topological polar surface area (TPSA) is 74.6 Å². The van der Waals surface area contributed by atoms with Gasteiger partial charge in [0.2, 0.25) is 5.75 Å². The number of nitrogens with zero attached hydrogens (tertiary/aromatic N) is 2. The van der Waals surface area contributed by atoms with Gasteiger partial charge in [-0.25, -0.2) is 9.37 Å². The molecule has 0 fully saturated rings. The van der Waals surface area contributed by atoms with Crippen molar-refractivity contribution < 1.29 is 23.4 Å². The van der Waals surface area contributed by atoms with E-state index in [0.29, 0.717) is 28.6 Å². The number of methoxy groups -OCH3 is 3. The van der Waals surface area contributed by atoms with Crippen LogP contribution in [0.3, 0.4) is 0 Å². The van der Waals surface area contributed by atoms with Crippen LogP contribution >= 0.6 is 0 Å². The average Bonchev–Trinajstić information content (AvgIpc) is 3.17. The van der Waals surface area contributed by atoms with Gasteiger partial charge in [-0.1, -0.05) is 0 Å². The van der Waals surface area contributed by atoms with Crippen LogP contribution in [0.2, 0.25) is 0 Å². The van der Waals surface area contributed by atoms with E-state index in [1.165, 1.54) is 46.0 Å². The minimum Gasteiger partial charge on any atom is -0.493 e. The SMILES string of the molecule is COc1cc(NC(=O)c2cncn2-c2ccc(F)cc2)cc(OC)c1OC. The van der Waals surface area contributed by atoms with Gasteiger partial charge in [0.05, 0.1) is 33.9 Å². The van der Waals surface area contributed by atoms with Gasteiger partial charge in [0.1, 0.15) is 11.5 Å². The second-order valence-electron chi connectivity index (χ2n) is 5.49. The number of benzene rings is 2. The molecule has 0 aliphatic rings. The van der Waals surface area contributed by atoms with Crippen molar-refractivity contribution in [2.24, 2.45) is 0 Å². The number of rotatable bonds is 6. The van der Waals surface area contributed by atoms with Gasteiger partial charge in [0, 0.05) is 23.5 Å². The lowest BCUT2D eigenvalue weighted by Gasteiger charge is -2.15. The number of aromatic nitrogens is 2. The summed E-state index contributed by atoms with van der Waals surface area (Å²) in [6.45, 7) is 0. The lowest BCUT2D eigenvalue weighted by Crippen LogP contribution is -2.16. The molecule has 1 aromatic heterocycles. The highest BCUT2D eigenvalue weighted by atomic mass is 19.1. The highest BCUT2D eigenvalue weighted by Gasteiger charge is 2.17. The van der Waals surface area contributed by atoms with Crippen molar-refractivity contribution in [2.75, 3.05) is 26.6 Å². The number of ether oxygens (including phenoxy) is 3. The van der Waals surface area contributed by atoms with E-state index < -0.39 is 5.91 Å². The van der Waals surface area contributed by atoms with Crippen LogP contribution in [0, 0.1) is 5.82 Å². The van der Waals surface area contributed by atoms with Gasteiger partial charge in [0.25, 0.3) is 5.91 Å². The summed E-state index contributed by atoms with van der Waals surface area (Å²) < 4.78 is 30.5. The molecule has 3 aromatic rings. The molecule has 140 valence electrons. The molecule has 2 aromatic carbocycles. The molecule has 0 saturated carbocycles. The van der Waals surface area contributed by atoms with Crippen LogP contribution in [-0.2, 0) is 0 Å². The Morgan fingerprint density at radius 1 is 1.04 bits per heavy atom. The Balaban J connectivity index is 1.91. The first-order valence-corrected chi connectivity index (χ1v) is 7.97. The van der Waals surface area contributed by atoms with E-state index in [2.05, 4.69) is 10.3 Å². The molecule has 1 N–H and O–H groups in total. The summed E-state index contributed by atoms with van der Waals surface area (Å²) in [5.41, 5.74) is 1.36. The summed E-state index contributed by atoms with van der Waals surface area (Å²) in [6.07, 6.45) is 2.91. The Morgan fingerprint density at radius 3 is 2.22 bits per heavy atom. The molecule has 0 unspecified atom stereocenters. The van der Waals surface area contributed by atoms with Gasteiger partial charge in [-0.05, 0) is 24.3 Å². The van der Waals surface area contributed by atoms with Crippen molar-refractivity contribution >= 4 is 11.6 Å². The largest absolute Gasteiger partial charge is 0.493 e. The molecule has 0 radical (unpaired) electrons. The fraction of sp³-hybridized carbons (Fsp3) is 0.158. The molecule has 0 atom stereocenters. The monoisotopic (exact) mass is 371 g/mol. The molecule has 0 aliphatic carbocycles. The zero-order valence-electron chi connectivity index (χ0n) is 15.0. The van der Waals surface area contributed by atoms with Crippen LogP contribution in [0.25, 0.3) is 5.69 Å². The molecule has 1 amide bonds. The van der Waals surface area contributed by atoms with Crippen molar-refractivity contribution in [2.45, 2.75) is 0 Å². The summed E-state index contributed by atoms with van der Waals surface area (Å²) in [5.74, 6) is 0.501. The first-order valence-electron chi connectivity index (χ1n) is 7.97. The molecule has 8 heteroatoms. The van der Waals surface area contributed by atoms with E-state index in [1.54, 1.807) is 28.8 Å². The van der Waals surface area contributed by atoms with E-state index in [0.717, 1.165) is 0 Å². The maximum Gasteiger partial charge on any atom is 0.274 e. The van der Waals surface area contributed by atoms with Gasteiger partial charge in [-0.3, -0.25) is 9.36 Å². The van der Waals surface area contributed by atoms with Crippen LogP contribution < -0.4 is 19.5 Å². The third-order valence-electron chi connectivity index (χ3n) is 3.90. The standard InChI is InChI=1S/C19H18FN3O4/c1-25-16-8-13(9-17(26-2)18(16)27-3)22-19(24)15-10-21-11-23(15)14-6-4-12(20)5-7-14/h4-11H,1-3H3,(H,22,24). The van der Waals surface area contributed by atoms with Gasteiger partial charge in [0.15, 0.2) is 11.5 Å². The zero-order valence-corrected chi connectivity index (χ0v) is 15.0. The summed E-state index contributed by atoms with van der Waals surface area (Å²) >= 11 is 0. The molecular weight excluding hydrogens is 353 g/mol. The normalized spacial score (nSPS) is 10.4. The number of anilines is 1. The van der Waals surface area contributed by atoms with Crippen LogP contribution in [0.5, 0.6) is 17.2 Å². The highest BCUT2D eigenvalue weighted by Crippen LogP contribution is 2.40. The average molecular weight is 371 g/mol. The van der Waals surface area contributed by atoms with E-state index in [-0.39, 0.29) is 11.5 Å². The van der Waals surface area contributed by atoms with Crippen molar-refractivity contribution in [3.63, 3.8) is 0 Å². The minimum atomic E-state index is -0.397. The first kappa shape index (κ1) is 18.2. The number of carbonyl (C=O) groups is 1. The zero-order chi connectivity index (χ0) is 19.4. The number of carbonyl (C=O) groups excluding carboxylic acids is 1.